The summed E-state index contributed by atoms with van der Waals surface area (Å²) in [6, 6.07) is 9.21. The Morgan fingerprint density at radius 1 is 1.00 bits per heavy atom. The highest BCUT2D eigenvalue weighted by Crippen LogP contribution is 2.23. The van der Waals surface area contributed by atoms with Crippen LogP contribution in [0.2, 0.25) is 0 Å². The molecule has 1 saturated heterocycles. The van der Waals surface area contributed by atoms with Gasteiger partial charge >= 0.3 is 0 Å². The second kappa shape index (κ2) is 7.80. The summed E-state index contributed by atoms with van der Waals surface area (Å²) in [5.41, 5.74) is 2.90. The van der Waals surface area contributed by atoms with Gasteiger partial charge < -0.3 is 5.32 Å². The minimum atomic E-state index is 0.846. The molecule has 2 heteroatoms. The summed E-state index contributed by atoms with van der Waals surface area (Å²) in [7, 11) is 0. The minimum Gasteiger partial charge on any atom is -0.316 e. The molecule has 1 N–H and O–H groups in total. The maximum Gasteiger partial charge on any atom is 0.0233 e. The topological polar surface area (TPSA) is 15.3 Å². The normalized spacial score (nSPS) is 23.4. The van der Waals surface area contributed by atoms with Gasteiger partial charge in [0.1, 0.15) is 0 Å². The van der Waals surface area contributed by atoms with Gasteiger partial charge in [-0.2, -0.15) is 0 Å². The van der Waals surface area contributed by atoms with Gasteiger partial charge in [0.25, 0.3) is 0 Å². The Morgan fingerprint density at radius 2 is 1.60 bits per heavy atom. The minimum absolute atomic E-state index is 0.846. The molecule has 1 aromatic rings. The van der Waals surface area contributed by atoms with E-state index in [1.54, 1.807) is 0 Å². The van der Waals surface area contributed by atoms with Gasteiger partial charge in [-0.15, -0.1) is 0 Å². The zero-order valence-electron chi connectivity index (χ0n) is 13.4. The van der Waals surface area contributed by atoms with Crippen molar-refractivity contribution < 1.29 is 0 Å². The first-order valence-electron chi connectivity index (χ1n) is 8.20. The van der Waals surface area contributed by atoms with Gasteiger partial charge in [0.2, 0.25) is 0 Å². The third-order valence-electron chi connectivity index (χ3n) is 4.51. The van der Waals surface area contributed by atoms with Crippen LogP contribution in [0, 0.1) is 11.8 Å². The van der Waals surface area contributed by atoms with E-state index in [-0.39, 0.29) is 0 Å². The lowest BCUT2D eigenvalue weighted by Gasteiger charge is -2.15. The number of nitrogens with zero attached hydrogens (tertiary/aromatic N) is 1. The van der Waals surface area contributed by atoms with Crippen LogP contribution < -0.4 is 5.32 Å². The molecule has 0 amide bonds. The van der Waals surface area contributed by atoms with Gasteiger partial charge in [0.05, 0.1) is 0 Å². The molecular formula is C18H30N2. The Morgan fingerprint density at radius 3 is 2.20 bits per heavy atom. The third kappa shape index (κ3) is 4.60. The van der Waals surface area contributed by atoms with Gasteiger partial charge in [-0.05, 0) is 48.9 Å². The Balaban J connectivity index is 1.77. The summed E-state index contributed by atoms with van der Waals surface area (Å²) in [5.74, 6) is 1.69. The molecule has 0 aliphatic carbocycles. The van der Waals surface area contributed by atoms with Crippen LogP contribution in [0.15, 0.2) is 24.3 Å². The number of benzene rings is 1. The fourth-order valence-electron chi connectivity index (χ4n) is 2.98. The molecule has 1 heterocycles. The average Bonchev–Trinajstić information content (AvgIpc) is 2.75. The van der Waals surface area contributed by atoms with Crippen molar-refractivity contribution in [1.29, 1.82) is 0 Å². The highest BCUT2D eigenvalue weighted by molar-refractivity contribution is 5.22. The highest BCUT2D eigenvalue weighted by atomic mass is 15.1. The fraction of sp³-hybridized carbons (Fsp3) is 0.667. The first-order valence-corrected chi connectivity index (χ1v) is 8.20. The number of nitrogens with one attached hydrogen (secondary N) is 1. The maximum atomic E-state index is 3.46. The molecule has 0 bridgehead atoms. The van der Waals surface area contributed by atoms with Crippen LogP contribution in [0.5, 0.6) is 0 Å². The summed E-state index contributed by atoms with van der Waals surface area (Å²) in [6.07, 6.45) is 2.35. The van der Waals surface area contributed by atoms with Crippen molar-refractivity contribution in [2.45, 2.75) is 40.2 Å². The number of hydrogen-bond donors (Lipinski definition) is 1. The standard InChI is InChI=1S/C18H30N2/c1-4-10-19-11-9-17-5-7-18(8-6-17)14-20-12-15(2)16(3)13-20/h5-8,15-16,19H,4,9-14H2,1-3H3. The van der Waals surface area contributed by atoms with Crippen LogP contribution in [-0.4, -0.2) is 31.1 Å². The van der Waals surface area contributed by atoms with Gasteiger partial charge in [0.15, 0.2) is 0 Å². The summed E-state index contributed by atoms with van der Waals surface area (Å²) >= 11 is 0. The molecule has 1 fully saturated rings. The van der Waals surface area contributed by atoms with Crippen LogP contribution >= 0.6 is 0 Å². The predicted molar refractivity (Wildman–Crippen MR) is 86.9 cm³/mol. The monoisotopic (exact) mass is 274 g/mol. The molecule has 1 aromatic carbocycles. The Bertz CT molecular complexity index is 375. The third-order valence-corrected chi connectivity index (χ3v) is 4.51. The molecule has 2 rings (SSSR count). The van der Waals surface area contributed by atoms with E-state index in [0.29, 0.717) is 0 Å². The molecule has 2 unspecified atom stereocenters. The molecule has 0 radical (unpaired) electrons. The molecule has 0 spiro atoms. The van der Waals surface area contributed by atoms with Crippen molar-refractivity contribution in [3.63, 3.8) is 0 Å². The van der Waals surface area contributed by atoms with Gasteiger partial charge in [-0.1, -0.05) is 45.0 Å². The molecule has 0 saturated carbocycles. The van der Waals surface area contributed by atoms with Gasteiger partial charge in [0, 0.05) is 19.6 Å². The maximum absolute atomic E-state index is 3.46. The predicted octanol–water partition coefficient (Wildman–Crippen LogP) is 3.32. The van der Waals surface area contributed by atoms with Crippen LogP contribution in [0.4, 0.5) is 0 Å². The van der Waals surface area contributed by atoms with Crippen molar-refractivity contribution in [2.24, 2.45) is 11.8 Å². The second-order valence-corrected chi connectivity index (χ2v) is 6.47. The molecule has 2 nitrogen and oxygen atoms in total. The summed E-state index contributed by atoms with van der Waals surface area (Å²) in [5, 5.41) is 3.46. The van der Waals surface area contributed by atoms with Crippen molar-refractivity contribution in [3.05, 3.63) is 35.4 Å². The Kier molecular flexibility index (Phi) is 6.06. The van der Waals surface area contributed by atoms with Gasteiger partial charge in [-0.25, -0.2) is 0 Å². The van der Waals surface area contributed by atoms with Crippen molar-refractivity contribution in [3.8, 4) is 0 Å². The van der Waals surface area contributed by atoms with E-state index in [2.05, 4.69) is 55.3 Å². The molecule has 2 atom stereocenters. The van der Waals surface area contributed by atoms with Crippen LogP contribution in [-0.2, 0) is 13.0 Å². The largest absolute Gasteiger partial charge is 0.316 e. The average molecular weight is 274 g/mol. The van der Waals surface area contributed by atoms with Crippen LogP contribution in [0.1, 0.15) is 38.3 Å². The van der Waals surface area contributed by atoms with Crippen molar-refractivity contribution in [2.75, 3.05) is 26.2 Å². The van der Waals surface area contributed by atoms with E-state index in [0.717, 1.165) is 37.9 Å². The van der Waals surface area contributed by atoms with E-state index in [4.69, 9.17) is 0 Å². The number of hydrogen-bond acceptors (Lipinski definition) is 2. The van der Waals surface area contributed by atoms with E-state index >= 15 is 0 Å². The van der Waals surface area contributed by atoms with E-state index in [1.165, 1.54) is 30.6 Å². The Hall–Kier alpha value is -0.860. The molecule has 1 aliphatic rings. The quantitative estimate of drug-likeness (QED) is 0.767. The Labute approximate surface area is 124 Å². The van der Waals surface area contributed by atoms with Crippen molar-refractivity contribution >= 4 is 0 Å². The lowest BCUT2D eigenvalue weighted by molar-refractivity contribution is 0.316. The molecule has 0 aromatic heterocycles. The van der Waals surface area contributed by atoms with Gasteiger partial charge in [-0.3, -0.25) is 4.90 Å². The van der Waals surface area contributed by atoms with Crippen LogP contribution in [0.3, 0.4) is 0 Å². The van der Waals surface area contributed by atoms with E-state index in [9.17, 15) is 0 Å². The first kappa shape index (κ1) is 15.5. The summed E-state index contributed by atoms with van der Waals surface area (Å²) in [4.78, 5) is 2.59. The zero-order chi connectivity index (χ0) is 14.4. The molecule has 112 valence electrons. The van der Waals surface area contributed by atoms with Crippen molar-refractivity contribution in [1.82, 2.24) is 10.2 Å². The lowest BCUT2D eigenvalue weighted by Crippen LogP contribution is -2.20. The zero-order valence-corrected chi connectivity index (χ0v) is 13.4. The molecule has 1 aliphatic heterocycles. The summed E-state index contributed by atoms with van der Waals surface area (Å²) in [6.45, 7) is 12.8. The lowest BCUT2D eigenvalue weighted by atomic mass is 10.0. The second-order valence-electron chi connectivity index (χ2n) is 6.47. The van der Waals surface area contributed by atoms with E-state index in [1.807, 2.05) is 0 Å². The number of rotatable bonds is 7. The molecular weight excluding hydrogens is 244 g/mol. The fourth-order valence-corrected chi connectivity index (χ4v) is 2.98. The smallest absolute Gasteiger partial charge is 0.0233 e. The SMILES string of the molecule is CCCNCCc1ccc(CN2CC(C)C(C)C2)cc1. The first-order chi connectivity index (χ1) is 9.69. The highest BCUT2D eigenvalue weighted by Gasteiger charge is 2.25. The number of likely N-dealkylation sites (tertiary alicyclic amines) is 1. The van der Waals surface area contributed by atoms with E-state index < -0.39 is 0 Å². The van der Waals surface area contributed by atoms with Crippen LogP contribution in [0.25, 0.3) is 0 Å². The molecule has 20 heavy (non-hydrogen) atoms. The summed E-state index contributed by atoms with van der Waals surface area (Å²) < 4.78 is 0.